The van der Waals surface area contributed by atoms with Crippen LogP contribution in [0.2, 0.25) is 0 Å². The van der Waals surface area contributed by atoms with Gasteiger partial charge in [-0.25, -0.2) is 15.0 Å². The molecule has 0 amide bonds. The summed E-state index contributed by atoms with van der Waals surface area (Å²) in [7, 11) is 0. The van der Waals surface area contributed by atoms with E-state index in [2.05, 4.69) is 144 Å². The molecule has 0 saturated heterocycles. The maximum absolute atomic E-state index is 6.28. The highest BCUT2D eigenvalue weighted by atomic mass is 16.3. The van der Waals surface area contributed by atoms with Gasteiger partial charge in [-0.3, -0.25) is 0 Å². The Balaban J connectivity index is 1.16. The van der Waals surface area contributed by atoms with Gasteiger partial charge in [-0.1, -0.05) is 115 Å². The van der Waals surface area contributed by atoms with E-state index in [9.17, 15) is 0 Å². The third kappa shape index (κ3) is 4.39. The lowest BCUT2D eigenvalue weighted by atomic mass is 10.00. The SMILES string of the molecule is c1ccc(-n2c3ccccc3c3cc(-c4nc(-c5ccc6c(ccc7ccccc76)c5)nc(-c5cccc6oc7ccccc7c56)n4)ccc32)cc1. The van der Waals surface area contributed by atoms with Crippen LogP contribution < -0.4 is 0 Å². The largest absolute Gasteiger partial charge is 0.456 e. The number of benzene rings is 8. The van der Waals surface area contributed by atoms with Gasteiger partial charge in [0, 0.05) is 43.9 Å². The molecule has 0 aliphatic heterocycles. The Kier molecular flexibility index (Phi) is 6.18. The van der Waals surface area contributed by atoms with E-state index in [0.717, 1.165) is 66.1 Å². The molecule has 0 aliphatic carbocycles. The summed E-state index contributed by atoms with van der Waals surface area (Å²) in [5, 5.41) is 9.12. The Bertz CT molecular complexity index is 3190. The van der Waals surface area contributed by atoms with E-state index in [1.165, 1.54) is 21.5 Å². The summed E-state index contributed by atoms with van der Waals surface area (Å²) in [4.78, 5) is 15.6. The fraction of sp³-hybridized carbons (Fsp3) is 0. The molecule has 0 unspecified atom stereocenters. The molecule has 3 heterocycles. The third-order valence-electron chi connectivity index (χ3n) is 10.2. The van der Waals surface area contributed by atoms with Gasteiger partial charge in [-0.15, -0.1) is 0 Å². The molecule has 11 rings (SSSR count). The normalized spacial score (nSPS) is 11.8. The van der Waals surface area contributed by atoms with Crippen LogP contribution in [0, 0.1) is 0 Å². The van der Waals surface area contributed by atoms with Crippen molar-refractivity contribution < 1.29 is 4.42 Å². The highest BCUT2D eigenvalue weighted by molar-refractivity contribution is 6.13. The fourth-order valence-electron chi connectivity index (χ4n) is 7.83. The van der Waals surface area contributed by atoms with Crippen LogP contribution in [0.3, 0.4) is 0 Å². The first-order chi connectivity index (χ1) is 25.8. The summed E-state index contributed by atoms with van der Waals surface area (Å²) >= 11 is 0. The van der Waals surface area contributed by atoms with Gasteiger partial charge < -0.3 is 8.98 Å². The molecule has 0 atom stereocenters. The maximum atomic E-state index is 6.28. The minimum absolute atomic E-state index is 0.600. The Morgan fingerprint density at radius 1 is 0.385 bits per heavy atom. The lowest BCUT2D eigenvalue weighted by Gasteiger charge is -2.11. The molecule has 0 bridgehead atoms. The van der Waals surface area contributed by atoms with Crippen molar-refractivity contribution in [3.63, 3.8) is 0 Å². The summed E-state index contributed by atoms with van der Waals surface area (Å²) in [5.74, 6) is 1.83. The molecule has 52 heavy (non-hydrogen) atoms. The number of furan rings is 1. The number of nitrogens with zero attached hydrogens (tertiary/aromatic N) is 4. The fourth-order valence-corrected chi connectivity index (χ4v) is 7.83. The minimum atomic E-state index is 0.600. The summed E-state index contributed by atoms with van der Waals surface area (Å²) < 4.78 is 8.60. The number of fused-ring (bicyclic) bond motifs is 9. The van der Waals surface area contributed by atoms with Gasteiger partial charge in [-0.2, -0.15) is 0 Å². The van der Waals surface area contributed by atoms with Crippen molar-refractivity contribution in [2.24, 2.45) is 0 Å². The first-order valence-corrected chi connectivity index (χ1v) is 17.4. The third-order valence-corrected chi connectivity index (χ3v) is 10.2. The van der Waals surface area contributed by atoms with Gasteiger partial charge in [0.25, 0.3) is 0 Å². The van der Waals surface area contributed by atoms with Crippen LogP contribution in [-0.4, -0.2) is 19.5 Å². The Morgan fingerprint density at radius 2 is 1.02 bits per heavy atom. The Hall–Kier alpha value is -7.11. The van der Waals surface area contributed by atoms with Crippen molar-refractivity contribution in [1.82, 2.24) is 19.5 Å². The molecule has 8 aromatic carbocycles. The lowest BCUT2D eigenvalue weighted by Crippen LogP contribution is -2.00. The number of rotatable bonds is 4. The molecule has 3 aromatic heterocycles. The Labute approximate surface area is 298 Å². The average Bonchev–Trinajstić information content (AvgIpc) is 3.76. The van der Waals surface area contributed by atoms with E-state index in [1.807, 2.05) is 30.3 Å². The molecule has 0 saturated carbocycles. The number of hydrogen-bond donors (Lipinski definition) is 0. The zero-order valence-corrected chi connectivity index (χ0v) is 27.9. The second-order valence-electron chi connectivity index (χ2n) is 13.2. The van der Waals surface area contributed by atoms with Gasteiger partial charge in [-0.05, 0) is 76.1 Å². The van der Waals surface area contributed by atoms with Gasteiger partial charge in [0.2, 0.25) is 0 Å². The van der Waals surface area contributed by atoms with Crippen LogP contribution in [0.25, 0.3) is 105 Å². The Morgan fingerprint density at radius 3 is 1.90 bits per heavy atom. The highest BCUT2D eigenvalue weighted by Crippen LogP contribution is 2.38. The highest BCUT2D eigenvalue weighted by Gasteiger charge is 2.19. The molecule has 5 nitrogen and oxygen atoms in total. The van der Waals surface area contributed by atoms with Crippen LogP contribution in [0.15, 0.2) is 174 Å². The van der Waals surface area contributed by atoms with E-state index in [4.69, 9.17) is 19.4 Å². The quantitative estimate of drug-likeness (QED) is 0.176. The van der Waals surface area contributed by atoms with Crippen molar-refractivity contribution in [2.45, 2.75) is 0 Å². The van der Waals surface area contributed by atoms with E-state index >= 15 is 0 Å². The number of hydrogen-bond acceptors (Lipinski definition) is 4. The minimum Gasteiger partial charge on any atom is -0.456 e. The van der Waals surface area contributed by atoms with Crippen molar-refractivity contribution in [3.05, 3.63) is 170 Å². The zero-order valence-electron chi connectivity index (χ0n) is 27.9. The van der Waals surface area contributed by atoms with Gasteiger partial charge >= 0.3 is 0 Å². The molecule has 0 N–H and O–H groups in total. The summed E-state index contributed by atoms with van der Waals surface area (Å²) in [6, 6.07) is 59.2. The van der Waals surface area contributed by atoms with Crippen molar-refractivity contribution in [2.75, 3.05) is 0 Å². The molecule has 11 aromatic rings. The monoisotopic (exact) mass is 664 g/mol. The van der Waals surface area contributed by atoms with Crippen LogP contribution in [-0.2, 0) is 0 Å². The second kappa shape index (κ2) is 11.2. The molecular weight excluding hydrogens is 637 g/mol. The topological polar surface area (TPSA) is 56.7 Å². The maximum Gasteiger partial charge on any atom is 0.164 e. The van der Waals surface area contributed by atoms with Crippen molar-refractivity contribution in [1.29, 1.82) is 0 Å². The summed E-state index contributed by atoms with van der Waals surface area (Å²) in [6.07, 6.45) is 0. The second-order valence-corrected chi connectivity index (χ2v) is 13.2. The van der Waals surface area contributed by atoms with E-state index in [-0.39, 0.29) is 0 Å². The lowest BCUT2D eigenvalue weighted by molar-refractivity contribution is 0.669. The smallest absolute Gasteiger partial charge is 0.164 e. The first kappa shape index (κ1) is 28.7. The molecular formula is C47H28N4O. The van der Waals surface area contributed by atoms with Crippen LogP contribution in [0.4, 0.5) is 0 Å². The molecule has 0 spiro atoms. The van der Waals surface area contributed by atoms with Gasteiger partial charge in [0.15, 0.2) is 17.5 Å². The standard InChI is InChI=1S/C47H28N4O/c1-2-12-33(13-3-1)51-40-18-8-6-15-36(40)39-28-32(24-26-41(39)51)46-48-45(31-23-25-35-30(27-31)22-21-29-11-4-5-14-34(29)35)49-47(50-46)38-17-10-20-43-44(38)37-16-7-9-19-42(37)52-43/h1-28H. The van der Waals surface area contributed by atoms with Crippen LogP contribution in [0.1, 0.15) is 0 Å². The van der Waals surface area contributed by atoms with Crippen molar-refractivity contribution in [3.8, 4) is 39.9 Å². The average molecular weight is 665 g/mol. The van der Waals surface area contributed by atoms with E-state index < -0.39 is 0 Å². The molecule has 0 radical (unpaired) electrons. The summed E-state index contributed by atoms with van der Waals surface area (Å²) in [5.41, 5.74) is 7.79. The van der Waals surface area contributed by atoms with E-state index in [0.29, 0.717) is 17.5 Å². The van der Waals surface area contributed by atoms with Gasteiger partial charge in [0.05, 0.1) is 11.0 Å². The van der Waals surface area contributed by atoms with Crippen molar-refractivity contribution >= 4 is 65.3 Å². The zero-order chi connectivity index (χ0) is 34.2. The van der Waals surface area contributed by atoms with Crippen LogP contribution in [0.5, 0.6) is 0 Å². The predicted octanol–water partition coefficient (Wildman–Crippen LogP) is 12.2. The first-order valence-electron chi connectivity index (χ1n) is 17.4. The molecule has 0 aliphatic rings. The van der Waals surface area contributed by atoms with E-state index in [1.54, 1.807) is 0 Å². The molecule has 0 fully saturated rings. The van der Waals surface area contributed by atoms with Crippen LogP contribution >= 0.6 is 0 Å². The predicted molar refractivity (Wildman–Crippen MR) is 213 cm³/mol. The van der Waals surface area contributed by atoms with Gasteiger partial charge in [0.1, 0.15) is 11.2 Å². The number of aromatic nitrogens is 4. The molecule has 5 heteroatoms. The summed E-state index contributed by atoms with van der Waals surface area (Å²) in [6.45, 7) is 0. The number of para-hydroxylation sites is 3. The molecule has 242 valence electrons.